The van der Waals surface area contributed by atoms with Crippen molar-refractivity contribution >= 4 is 11.6 Å². The summed E-state index contributed by atoms with van der Waals surface area (Å²) in [5.74, 6) is 0. The average molecular weight is 277 g/mol. The summed E-state index contributed by atoms with van der Waals surface area (Å²) in [5.41, 5.74) is 1.84. The van der Waals surface area contributed by atoms with Gasteiger partial charge in [0.2, 0.25) is 0 Å². The van der Waals surface area contributed by atoms with Gasteiger partial charge in [-0.25, -0.2) is 0 Å². The number of halogens is 1. The minimum Gasteiger partial charge on any atom is -0.379 e. The van der Waals surface area contributed by atoms with Gasteiger partial charge in [0.05, 0.1) is 16.9 Å². The molecule has 1 aliphatic rings. The Kier molecular flexibility index (Phi) is 3.11. The van der Waals surface area contributed by atoms with Crippen LogP contribution in [0.3, 0.4) is 0 Å². The molecule has 0 bridgehead atoms. The molecule has 1 unspecified atom stereocenters. The molecular weight excluding hydrogens is 260 g/mol. The van der Waals surface area contributed by atoms with Gasteiger partial charge in [-0.2, -0.15) is 5.10 Å². The highest BCUT2D eigenvalue weighted by atomic mass is 35.5. The SMILES string of the molecule is Cn1ncc(Cl)c1C1(O)CCCCc2ccccc21. The second-order valence-corrected chi connectivity index (χ2v) is 5.60. The number of aromatic nitrogens is 2. The first-order valence-corrected chi connectivity index (χ1v) is 6.99. The number of hydrogen-bond acceptors (Lipinski definition) is 2. The van der Waals surface area contributed by atoms with Crippen molar-refractivity contribution < 1.29 is 5.11 Å². The third-order valence-electron chi connectivity index (χ3n) is 3.98. The molecule has 3 rings (SSSR count). The van der Waals surface area contributed by atoms with Crippen LogP contribution in [0.25, 0.3) is 0 Å². The number of aliphatic hydroxyl groups is 1. The first-order chi connectivity index (χ1) is 9.13. The number of rotatable bonds is 1. The minimum absolute atomic E-state index is 0.529. The highest BCUT2D eigenvalue weighted by Crippen LogP contribution is 2.41. The van der Waals surface area contributed by atoms with Gasteiger partial charge in [0.1, 0.15) is 5.60 Å². The zero-order chi connectivity index (χ0) is 13.5. The van der Waals surface area contributed by atoms with Crippen LogP contribution in [0.5, 0.6) is 0 Å². The normalized spacial score (nSPS) is 22.9. The molecule has 1 N–H and O–H groups in total. The van der Waals surface area contributed by atoms with E-state index >= 15 is 0 Å². The van der Waals surface area contributed by atoms with E-state index in [0.29, 0.717) is 17.1 Å². The predicted octanol–water partition coefficient (Wildman–Crippen LogP) is 3.04. The van der Waals surface area contributed by atoms with Gasteiger partial charge >= 0.3 is 0 Å². The molecule has 1 aromatic carbocycles. The number of benzene rings is 1. The van der Waals surface area contributed by atoms with Gasteiger partial charge in [-0.15, -0.1) is 0 Å². The fourth-order valence-corrected chi connectivity index (χ4v) is 3.42. The smallest absolute Gasteiger partial charge is 0.133 e. The summed E-state index contributed by atoms with van der Waals surface area (Å²) in [5, 5.41) is 16.0. The van der Waals surface area contributed by atoms with E-state index < -0.39 is 5.60 Å². The summed E-state index contributed by atoms with van der Waals surface area (Å²) in [6, 6.07) is 8.09. The van der Waals surface area contributed by atoms with Crippen molar-refractivity contribution in [3.8, 4) is 0 Å². The molecule has 0 radical (unpaired) electrons. The van der Waals surface area contributed by atoms with Gasteiger partial charge in [-0.3, -0.25) is 4.68 Å². The van der Waals surface area contributed by atoms with Crippen LogP contribution in [0.4, 0.5) is 0 Å². The number of nitrogens with zero attached hydrogens (tertiary/aromatic N) is 2. The molecule has 4 heteroatoms. The highest BCUT2D eigenvalue weighted by molar-refractivity contribution is 6.31. The summed E-state index contributed by atoms with van der Waals surface area (Å²) in [6.07, 6.45) is 5.36. The van der Waals surface area contributed by atoms with Crippen molar-refractivity contribution in [2.75, 3.05) is 0 Å². The zero-order valence-corrected chi connectivity index (χ0v) is 11.7. The van der Waals surface area contributed by atoms with Gasteiger partial charge < -0.3 is 5.11 Å². The Bertz CT molecular complexity index is 588. The van der Waals surface area contributed by atoms with E-state index in [1.165, 1.54) is 5.56 Å². The first kappa shape index (κ1) is 12.7. The Morgan fingerprint density at radius 2 is 2.11 bits per heavy atom. The molecule has 19 heavy (non-hydrogen) atoms. The van der Waals surface area contributed by atoms with Gasteiger partial charge in [0, 0.05) is 7.05 Å². The minimum atomic E-state index is -1.03. The van der Waals surface area contributed by atoms with Gasteiger partial charge in [0.15, 0.2) is 0 Å². The molecule has 0 fully saturated rings. The zero-order valence-electron chi connectivity index (χ0n) is 10.9. The molecule has 1 heterocycles. The van der Waals surface area contributed by atoms with Crippen molar-refractivity contribution in [3.05, 3.63) is 52.3 Å². The second-order valence-electron chi connectivity index (χ2n) is 5.19. The number of fused-ring (bicyclic) bond motifs is 1. The lowest BCUT2D eigenvalue weighted by Crippen LogP contribution is -2.30. The van der Waals surface area contributed by atoms with Crippen molar-refractivity contribution in [1.82, 2.24) is 9.78 Å². The molecule has 0 aliphatic heterocycles. The summed E-state index contributed by atoms with van der Waals surface area (Å²) >= 11 is 6.24. The van der Waals surface area contributed by atoms with Crippen molar-refractivity contribution in [2.24, 2.45) is 7.05 Å². The first-order valence-electron chi connectivity index (χ1n) is 6.61. The third kappa shape index (κ3) is 1.97. The van der Waals surface area contributed by atoms with Crippen LogP contribution >= 0.6 is 11.6 Å². The molecule has 2 aromatic rings. The molecule has 100 valence electrons. The lowest BCUT2D eigenvalue weighted by Gasteiger charge is -2.29. The van der Waals surface area contributed by atoms with Crippen LogP contribution in [0.15, 0.2) is 30.5 Å². The Morgan fingerprint density at radius 3 is 2.84 bits per heavy atom. The van der Waals surface area contributed by atoms with E-state index in [2.05, 4.69) is 11.2 Å². The van der Waals surface area contributed by atoms with Crippen LogP contribution in [0.2, 0.25) is 5.02 Å². The highest BCUT2D eigenvalue weighted by Gasteiger charge is 2.38. The molecular formula is C15H17ClN2O. The maximum absolute atomic E-state index is 11.3. The van der Waals surface area contributed by atoms with E-state index in [-0.39, 0.29) is 0 Å². The van der Waals surface area contributed by atoms with Gasteiger partial charge in [-0.1, -0.05) is 35.9 Å². The predicted molar refractivity (Wildman–Crippen MR) is 75.2 cm³/mol. The van der Waals surface area contributed by atoms with Crippen LogP contribution in [0.1, 0.15) is 36.1 Å². The van der Waals surface area contributed by atoms with Crippen molar-refractivity contribution in [3.63, 3.8) is 0 Å². The largest absolute Gasteiger partial charge is 0.379 e. The second kappa shape index (κ2) is 4.66. The summed E-state index contributed by atoms with van der Waals surface area (Å²) < 4.78 is 1.68. The standard InChI is InChI=1S/C15H17ClN2O/c1-18-14(13(16)10-17-18)15(19)9-5-4-7-11-6-2-3-8-12(11)15/h2-3,6,8,10,19H,4-5,7,9H2,1H3. The van der Waals surface area contributed by atoms with Crippen molar-refractivity contribution in [2.45, 2.75) is 31.3 Å². The number of aryl methyl sites for hydroxylation is 2. The van der Waals surface area contributed by atoms with E-state index in [1.54, 1.807) is 10.9 Å². The molecule has 1 atom stereocenters. The van der Waals surface area contributed by atoms with Crippen LogP contribution in [0, 0.1) is 0 Å². The number of hydrogen-bond donors (Lipinski definition) is 1. The fourth-order valence-electron chi connectivity index (χ4n) is 3.09. The molecule has 1 aliphatic carbocycles. The van der Waals surface area contributed by atoms with Crippen LogP contribution in [-0.2, 0) is 19.1 Å². The van der Waals surface area contributed by atoms with Gasteiger partial charge in [-0.05, 0) is 36.8 Å². The summed E-state index contributed by atoms with van der Waals surface area (Å²) in [4.78, 5) is 0. The molecule has 1 aromatic heterocycles. The quantitative estimate of drug-likeness (QED) is 0.813. The maximum Gasteiger partial charge on any atom is 0.133 e. The topological polar surface area (TPSA) is 38.0 Å². The Morgan fingerprint density at radius 1 is 1.32 bits per heavy atom. The average Bonchev–Trinajstić information content (AvgIpc) is 2.65. The Hall–Kier alpha value is -1.32. The van der Waals surface area contributed by atoms with E-state index in [9.17, 15) is 5.11 Å². The Labute approximate surface area is 117 Å². The monoisotopic (exact) mass is 276 g/mol. The van der Waals surface area contributed by atoms with Gasteiger partial charge in [0.25, 0.3) is 0 Å². The summed E-state index contributed by atoms with van der Waals surface area (Å²) in [6.45, 7) is 0. The summed E-state index contributed by atoms with van der Waals surface area (Å²) in [7, 11) is 1.83. The fraction of sp³-hybridized carbons (Fsp3) is 0.400. The van der Waals surface area contributed by atoms with E-state index in [4.69, 9.17) is 11.6 Å². The molecule has 0 saturated carbocycles. The maximum atomic E-state index is 11.3. The molecule has 0 saturated heterocycles. The van der Waals surface area contributed by atoms with E-state index in [1.807, 2.05) is 25.2 Å². The lowest BCUT2D eigenvalue weighted by molar-refractivity contribution is 0.0619. The lowest BCUT2D eigenvalue weighted by atomic mass is 9.85. The molecule has 3 nitrogen and oxygen atoms in total. The third-order valence-corrected chi connectivity index (χ3v) is 4.26. The Balaban J connectivity index is 2.23. The molecule has 0 amide bonds. The van der Waals surface area contributed by atoms with Crippen LogP contribution in [-0.4, -0.2) is 14.9 Å². The van der Waals surface area contributed by atoms with Crippen molar-refractivity contribution in [1.29, 1.82) is 0 Å². The van der Waals surface area contributed by atoms with Crippen LogP contribution < -0.4 is 0 Å². The van der Waals surface area contributed by atoms with E-state index in [0.717, 1.165) is 24.8 Å². The molecule has 0 spiro atoms.